The second kappa shape index (κ2) is 8.05. The highest BCUT2D eigenvalue weighted by molar-refractivity contribution is 6.34. The second-order valence-corrected chi connectivity index (χ2v) is 2.47. The monoisotopic (exact) mass is 160 g/mol. The molecule has 0 heterocycles. The van der Waals surface area contributed by atoms with Crippen molar-refractivity contribution in [3.05, 3.63) is 0 Å². The standard InChI is InChI=1S/C7H17BO3/c1-3-4-5-6-7-11-8(9)10-2/h9H,3-7H2,1-2H3. The van der Waals surface area contributed by atoms with Gasteiger partial charge in [0.25, 0.3) is 0 Å². The van der Waals surface area contributed by atoms with Crippen molar-refractivity contribution in [1.29, 1.82) is 0 Å². The molecule has 0 aromatic carbocycles. The SMILES string of the molecule is CCCCCCOB(O)OC. The maximum atomic E-state index is 8.77. The first-order valence-electron chi connectivity index (χ1n) is 4.13. The maximum Gasteiger partial charge on any atom is 0.636 e. The zero-order valence-electron chi connectivity index (χ0n) is 7.38. The minimum Gasteiger partial charge on any atom is -0.402 e. The van der Waals surface area contributed by atoms with E-state index in [2.05, 4.69) is 11.6 Å². The van der Waals surface area contributed by atoms with Crippen molar-refractivity contribution >= 4 is 7.32 Å². The molecule has 0 rings (SSSR count). The molecule has 66 valence electrons. The summed E-state index contributed by atoms with van der Waals surface area (Å²) in [5.74, 6) is 0. The van der Waals surface area contributed by atoms with Crippen LogP contribution in [0.5, 0.6) is 0 Å². The Balaban J connectivity index is 2.89. The Morgan fingerprint density at radius 1 is 1.27 bits per heavy atom. The first-order chi connectivity index (χ1) is 5.31. The van der Waals surface area contributed by atoms with Crippen molar-refractivity contribution in [1.82, 2.24) is 0 Å². The van der Waals surface area contributed by atoms with Crippen LogP contribution in [0.2, 0.25) is 0 Å². The van der Waals surface area contributed by atoms with Crippen LogP contribution in [0.25, 0.3) is 0 Å². The van der Waals surface area contributed by atoms with Gasteiger partial charge in [-0.2, -0.15) is 0 Å². The van der Waals surface area contributed by atoms with Gasteiger partial charge < -0.3 is 14.3 Å². The molecule has 0 saturated carbocycles. The van der Waals surface area contributed by atoms with E-state index in [0.29, 0.717) is 6.61 Å². The van der Waals surface area contributed by atoms with Crippen molar-refractivity contribution in [3.8, 4) is 0 Å². The average Bonchev–Trinajstić information content (AvgIpc) is 2.04. The lowest BCUT2D eigenvalue weighted by Gasteiger charge is -2.04. The predicted molar refractivity (Wildman–Crippen MR) is 45.1 cm³/mol. The molecule has 3 nitrogen and oxygen atoms in total. The molecule has 11 heavy (non-hydrogen) atoms. The summed E-state index contributed by atoms with van der Waals surface area (Å²) in [4.78, 5) is 0. The topological polar surface area (TPSA) is 38.7 Å². The van der Waals surface area contributed by atoms with E-state index < -0.39 is 7.32 Å². The molecule has 0 aliphatic rings. The van der Waals surface area contributed by atoms with Gasteiger partial charge in [0.15, 0.2) is 0 Å². The van der Waals surface area contributed by atoms with Gasteiger partial charge in [0, 0.05) is 13.7 Å². The predicted octanol–water partition coefficient (Wildman–Crippen LogP) is 1.21. The number of unbranched alkanes of at least 4 members (excludes halogenated alkanes) is 3. The normalized spacial score (nSPS) is 10.1. The molecule has 4 heteroatoms. The van der Waals surface area contributed by atoms with Crippen LogP contribution in [0, 0.1) is 0 Å². The molecule has 0 aromatic rings. The molecule has 0 atom stereocenters. The molecule has 0 amide bonds. The van der Waals surface area contributed by atoms with Crippen molar-refractivity contribution in [2.75, 3.05) is 13.7 Å². The molecule has 1 N–H and O–H groups in total. The first-order valence-corrected chi connectivity index (χ1v) is 4.13. The summed E-state index contributed by atoms with van der Waals surface area (Å²) in [6, 6.07) is 0. The molecule has 0 unspecified atom stereocenters. The third kappa shape index (κ3) is 7.85. The summed E-state index contributed by atoms with van der Waals surface area (Å²) < 4.78 is 9.36. The first kappa shape index (κ1) is 10.9. The van der Waals surface area contributed by atoms with Crippen LogP contribution in [-0.2, 0) is 9.31 Å². The molecule has 0 bridgehead atoms. The van der Waals surface area contributed by atoms with E-state index in [4.69, 9.17) is 9.68 Å². The Kier molecular flexibility index (Phi) is 8.01. The highest BCUT2D eigenvalue weighted by Gasteiger charge is 2.10. The van der Waals surface area contributed by atoms with Crippen LogP contribution >= 0.6 is 0 Å². The number of hydrogen-bond acceptors (Lipinski definition) is 3. The summed E-state index contributed by atoms with van der Waals surface area (Å²) in [5.41, 5.74) is 0. The fourth-order valence-electron chi connectivity index (χ4n) is 0.781. The molecule has 0 spiro atoms. The molecule has 0 saturated heterocycles. The van der Waals surface area contributed by atoms with Crippen LogP contribution in [0.15, 0.2) is 0 Å². The summed E-state index contributed by atoms with van der Waals surface area (Å²) >= 11 is 0. The summed E-state index contributed by atoms with van der Waals surface area (Å²) in [5, 5.41) is 8.77. The number of hydrogen-bond donors (Lipinski definition) is 1. The van der Waals surface area contributed by atoms with Crippen LogP contribution < -0.4 is 0 Å². The van der Waals surface area contributed by atoms with Gasteiger partial charge in [-0.15, -0.1) is 0 Å². The van der Waals surface area contributed by atoms with Gasteiger partial charge in [0.2, 0.25) is 0 Å². The highest BCUT2D eigenvalue weighted by Crippen LogP contribution is 1.99. The van der Waals surface area contributed by atoms with Gasteiger partial charge in [-0.25, -0.2) is 0 Å². The van der Waals surface area contributed by atoms with E-state index in [1.165, 1.54) is 20.0 Å². The van der Waals surface area contributed by atoms with Crippen LogP contribution in [-0.4, -0.2) is 26.1 Å². The van der Waals surface area contributed by atoms with Gasteiger partial charge in [-0.05, 0) is 6.42 Å². The van der Waals surface area contributed by atoms with Crippen LogP contribution in [0.1, 0.15) is 32.6 Å². The molecular formula is C7H17BO3. The van der Waals surface area contributed by atoms with E-state index in [9.17, 15) is 0 Å². The van der Waals surface area contributed by atoms with Gasteiger partial charge in [-0.3, -0.25) is 0 Å². The van der Waals surface area contributed by atoms with Gasteiger partial charge in [0.05, 0.1) is 0 Å². The number of rotatable bonds is 7. The third-order valence-electron chi connectivity index (χ3n) is 1.46. The fourth-order valence-corrected chi connectivity index (χ4v) is 0.781. The van der Waals surface area contributed by atoms with E-state index >= 15 is 0 Å². The van der Waals surface area contributed by atoms with E-state index in [0.717, 1.165) is 12.8 Å². The molecule has 0 fully saturated rings. The van der Waals surface area contributed by atoms with Crippen molar-refractivity contribution in [2.24, 2.45) is 0 Å². The Hall–Kier alpha value is -0.0551. The molecule has 0 aliphatic heterocycles. The summed E-state index contributed by atoms with van der Waals surface area (Å²) in [6.07, 6.45) is 4.60. The molecule has 0 aliphatic carbocycles. The lowest BCUT2D eigenvalue weighted by atomic mass is 10.2. The lowest BCUT2D eigenvalue weighted by molar-refractivity contribution is 0.156. The van der Waals surface area contributed by atoms with E-state index in [1.54, 1.807) is 0 Å². The second-order valence-electron chi connectivity index (χ2n) is 2.47. The van der Waals surface area contributed by atoms with Crippen molar-refractivity contribution in [3.63, 3.8) is 0 Å². The van der Waals surface area contributed by atoms with Crippen LogP contribution in [0.4, 0.5) is 0 Å². The van der Waals surface area contributed by atoms with Gasteiger partial charge in [0.1, 0.15) is 0 Å². The Morgan fingerprint density at radius 3 is 2.55 bits per heavy atom. The third-order valence-corrected chi connectivity index (χ3v) is 1.46. The highest BCUT2D eigenvalue weighted by atomic mass is 16.7. The minimum atomic E-state index is -1.04. The van der Waals surface area contributed by atoms with Crippen molar-refractivity contribution in [2.45, 2.75) is 32.6 Å². The Morgan fingerprint density at radius 2 is 2.00 bits per heavy atom. The minimum absolute atomic E-state index is 0.578. The fraction of sp³-hybridized carbons (Fsp3) is 1.00. The Labute approximate surface area is 68.9 Å². The summed E-state index contributed by atoms with van der Waals surface area (Å²) in [7, 11) is 0.369. The van der Waals surface area contributed by atoms with Gasteiger partial charge in [-0.1, -0.05) is 26.2 Å². The van der Waals surface area contributed by atoms with Crippen molar-refractivity contribution < 1.29 is 14.3 Å². The zero-order valence-corrected chi connectivity index (χ0v) is 7.38. The van der Waals surface area contributed by atoms with Crippen LogP contribution in [0.3, 0.4) is 0 Å². The lowest BCUT2D eigenvalue weighted by Crippen LogP contribution is -2.20. The Bertz CT molecular complexity index is 80.1. The largest absolute Gasteiger partial charge is 0.636 e. The molecular weight excluding hydrogens is 143 g/mol. The smallest absolute Gasteiger partial charge is 0.402 e. The van der Waals surface area contributed by atoms with E-state index in [1.807, 2.05) is 0 Å². The molecule has 0 aromatic heterocycles. The van der Waals surface area contributed by atoms with E-state index in [-0.39, 0.29) is 0 Å². The van der Waals surface area contributed by atoms with Gasteiger partial charge >= 0.3 is 7.32 Å². The maximum absolute atomic E-state index is 8.77. The quantitative estimate of drug-likeness (QED) is 0.449. The average molecular weight is 160 g/mol. The summed E-state index contributed by atoms with van der Waals surface area (Å²) in [6.45, 7) is 2.74. The zero-order chi connectivity index (χ0) is 8.53. The molecule has 0 radical (unpaired) electrons.